The van der Waals surface area contributed by atoms with E-state index in [4.69, 9.17) is 5.73 Å². The van der Waals surface area contributed by atoms with Gasteiger partial charge in [-0.15, -0.1) is 0 Å². The third-order valence-corrected chi connectivity index (χ3v) is 3.38. The van der Waals surface area contributed by atoms with Crippen LogP contribution in [0.25, 0.3) is 5.69 Å². The number of carbonyl (C=O) groups excluding carboxylic acids is 1. The number of hydrogen-bond acceptors (Lipinski definition) is 3. The zero-order valence-corrected chi connectivity index (χ0v) is 10.8. The maximum absolute atomic E-state index is 11.8. The van der Waals surface area contributed by atoms with Crippen molar-refractivity contribution in [1.82, 2.24) is 14.9 Å². The van der Waals surface area contributed by atoms with Crippen molar-refractivity contribution in [2.24, 2.45) is 0 Å². The lowest BCUT2D eigenvalue weighted by Gasteiger charge is -2.09. The second-order valence-electron chi connectivity index (χ2n) is 4.87. The van der Waals surface area contributed by atoms with Gasteiger partial charge in [0.25, 0.3) is 5.91 Å². The fourth-order valence-corrected chi connectivity index (χ4v) is 2.19. The molecule has 1 saturated carbocycles. The van der Waals surface area contributed by atoms with Crippen molar-refractivity contribution in [2.75, 3.05) is 12.8 Å². The first-order valence-electron chi connectivity index (χ1n) is 6.34. The Labute approximate surface area is 111 Å². The molecule has 1 fully saturated rings. The number of aromatic nitrogens is 2. The molecule has 1 aliphatic carbocycles. The summed E-state index contributed by atoms with van der Waals surface area (Å²) in [6, 6.07) is 5.93. The molecule has 0 radical (unpaired) electrons. The molecule has 1 heterocycles. The van der Waals surface area contributed by atoms with Gasteiger partial charge in [-0.05, 0) is 42.5 Å². The number of nitrogen functional groups attached to an aromatic ring is 1. The van der Waals surface area contributed by atoms with Crippen molar-refractivity contribution in [3.8, 4) is 5.69 Å². The van der Waals surface area contributed by atoms with Crippen molar-refractivity contribution in [1.29, 1.82) is 0 Å². The summed E-state index contributed by atoms with van der Waals surface area (Å²) in [5, 5.41) is 2.66. The van der Waals surface area contributed by atoms with E-state index in [1.54, 1.807) is 19.6 Å². The number of amides is 1. The average molecular weight is 256 g/mol. The number of nitrogens with two attached hydrogens (primary N) is 1. The van der Waals surface area contributed by atoms with Crippen LogP contribution in [0.5, 0.6) is 0 Å². The molecule has 0 bridgehead atoms. The SMILES string of the molecule is CNC(=O)c1cc(C2CC2)cc(-n2cnc(N)c2)c1. The highest BCUT2D eigenvalue weighted by atomic mass is 16.1. The number of anilines is 1. The first-order valence-corrected chi connectivity index (χ1v) is 6.34. The topological polar surface area (TPSA) is 72.9 Å². The number of rotatable bonds is 3. The van der Waals surface area contributed by atoms with E-state index in [9.17, 15) is 4.79 Å². The Morgan fingerprint density at radius 3 is 2.79 bits per heavy atom. The van der Waals surface area contributed by atoms with Crippen LogP contribution in [0.4, 0.5) is 5.82 Å². The van der Waals surface area contributed by atoms with E-state index in [0.717, 1.165) is 5.69 Å². The molecule has 0 aliphatic heterocycles. The largest absolute Gasteiger partial charge is 0.382 e. The zero-order chi connectivity index (χ0) is 13.4. The smallest absolute Gasteiger partial charge is 0.251 e. The Balaban J connectivity index is 2.07. The molecule has 0 atom stereocenters. The van der Waals surface area contributed by atoms with E-state index in [1.165, 1.54) is 18.4 Å². The van der Waals surface area contributed by atoms with Crippen molar-refractivity contribution < 1.29 is 4.79 Å². The number of benzene rings is 1. The van der Waals surface area contributed by atoms with Crippen molar-refractivity contribution >= 4 is 11.7 Å². The maximum Gasteiger partial charge on any atom is 0.251 e. The molecule has 0 saturated heterocycles. The Kier molecular flexibility index (Phi) is 2.74. The molecular weight excluding hydrogens is 240 g/mol. The van der Waals surface area contributed by atoms with Crippen LogP contribution in [0.3, 0.4) is 0 Å². The Morgan fingerprint density at radius 1 is 1.42 bits per heavy atom. The minimum Gasteiger partial charge on any atom is -0.382 e. The molecular formula is C14H16N4O. The van der Waals surface area contributed by atoms with E-state index in [0.29, 0.717) is 17.3 Å². The van der Waals surface area contributed by atoms with E-state index < -0.39 is 0 Å². The quantitative estimate of drug-likeness (QED) is 0.877. The Morgan fingerprint density at radius 2 is 2.21 bits per heavy atom. The van der Waals surface area contributed by atoms with Crippen LogP contribution in [-0.2, 0) is 0 Å². The number of nitrogens with one attached hydrogen (secondary N) is 1. The lowest BCUT2D eigenvalue weighted by molar-refractivity contribution is 0.0963. The predicted octanol–water partition coefficient (Wildman–Crippen LogP) is 1.69. The standard InChI is InChI=1S/C14H16N4O/c1-16-14(19)11-4-10(9-2-3-9)5-12(6-11)18-7-13(15)17-8-18/h4-9H,2-3,15H2,1H3,(H,16,19). The lowest BCUT2D eigenvalue weighted by Crippen LogP contribution is -2.18. The van der Waals surface area contributed by atoms with Gasteiger partial charge >= 0.3 is 0 Å². The molecule has 5 heteroatoms. The molecule has 5 nitrogen and oxygen atoms in total. The van der Waals surface area contributed by atoms with Gasteiger partial charge in [0, 0.05) is 18.3 Å². The van der Waals surface area contributed by atoms with Crippen LogP contribution in [-0.4, -0.2) is 22.5 Å². The van der Waals surface area contributed by atoms with Crippen LogP contribution >= 0.6 is 0 Å². The van der Waals surface area contributed by atoms with Crippen LogP contribution in [0, 0.1) is 0 Å². The van der Waals surface area contributed by atoms with Crippen molar-refractivity contribution in [3.63, 3.8) is 0 Å². The second-order valence-corrected chi connectivity index (χ2v) is 4.87. The summed E-state index contributed by atoms with van der Waals surface area (Å²) in [7, 11) is 1.64. The minimum absolute atomic E-state index is 0.0724. The second kappa shape index (κ2) is 4.42. The van der Waals surface area contributed by atoms with Crippen LogP contribution in [0.15, 0.2) is 30.7 Å². The molecule has 98 valence electrons. The monoisotopic (exact) mass is 256 g/mol. The number of nitrogens with zero attached hydrogens (tertiary/aromatic N) is 2. The summed E-state index contributed by atoms with van der Waals surface area (Å²) in [6.07, 6.45) is 5.81. The van der Waals surface area contributed by atoms with Gasteiger partial charge in [-0.1, -0.05) is 0 Å². The maximum atomic E-state index is 11.8. The predicted molar refractivity (Wildman–Crippen MR) is 73.3 cm³/mol. The van der Waals surface area contributed by atoms with Crippen LogP contribution < -0.4 is 11.1 Å². The highest BCUT2D eigenvalue weighted by Crippen LogP contribution is 2.41. The average Bonchev–Trinajstić information content (AvgIpc) is 3.19. The summed E-state index contributed by atoms with van der Waals surface area (Å²) in [5.41, 5.74) is 8.45. The first-order chi connectivity index (χ1) is 9.17. The minimum atomic E-state index is -0.0724. The zero-order valence-electron chi connectivity index (χ0n) is 10.8. The molecule has 2 aromatic rings. The summed E-state index contributed by atoms with van der Waals surface area (Å²) in [4.78, 5) is 15.9. The van der Waals surface area contributed by atoms with Gasteiger partial charge in [-0.25, -0.2) is 4.98 Å². The van der Waals surface area contributed by atoms with Crippen LogP contribution in [0.2, 0.25) is 0 Å². The van der Waals surface area contributed by atoms with Crippen molar-refractivity contribution in [2.45, 2.75) is 18.8 Å². The van der Waals surface area contributed by atoms with E-state index >= 15 is 0 Å². The molecule has 1 aliphatic rings. The van der Waals surface area contributed by atoms with Gasteiger partial charge < -0.3 is 15.6 Å². The fourth-order valence-electron chi connectivity index (χ4n) is 2.19. The van der Waals surface area contributed by atoms with Crippen LogP contribution in [0.1, 0.15) is 34.7 Å². The van der Waals surface area contributed by atoms with Gasteiger partial charge in [-0.3, -0.25) is 4.79 Å². The molecule has 19 heavy (non-hydrogen) atoms. The lowest BCUT2D eigenvalue weighted by atomic mass is 10.0. The van der Waals surface area contributed by atoms with Crippen molar-refractivity contribution in [3.05, 3.63) is 41.9 Å². The fraction of sp³-hybridized carbons (Fsp3) is 0.286. The third-order valence-electron chi connectivity index (χ3n) is 3.38. The Hall–Kier alpha value is -2.30. The molecule has 0 spiro atoms. The molecule has 3 N–H and O–H groups in total. The Bertz CT molecular complexity index is 628. The molecule has 1 aromatic heterocycles. The molecule has 1 aromatic carbocycles. The molecule has 1 amide bonds. The highest BCUT2D eigenvalue weighted by Gasteiger charge is 2.25. The summed E-state index contributed by atoms with van der Waals surface area (Å²) in [5.74, 6) is 0.986. The summed E-state index contributed by atoms with van der Waals surface area (Å²) in [6.45, 7) is 0. The molecule has 3 rings (SSSR count). The summed E-state index contributed by atoms with van der Waals surface area (Å²) < 4.78 is 1.84. The first kappa shape index (κ1) is 11.8. The normalized spacial score (nSPS) is 14.4. The highest BCUT2D eigenvalue weighted by molar-refractivity contribution is 5.94. The number of carbonyl (C=O) groups is 1. The number of hydrogen-bond donors (Lipinski definition) is 2. The summed E-state index contributed by atoms with van der Waals surface area (Å²) >= 11 is 0. The van der Waals surface area contributed by atoms with E-state index in [-0.39, 0.29) is 5.91 Å². The van der Waals surface area contributed by atoms with Gasteiger partial charge in [0.15, 0.2) is 0 Å². The third kappa shape index (κ3) is 2.31. The van der Waals surface area contributed by atoms with E-state index in [2.05, 4.69) is 16.4 Å². The van der Waals surface area contributed by atoms with E-state index in [1.807, 2.05) is 16.7 Å². The molecule has 0 unspecified atom stereocenters. The van der Waals surface area contributed by atoms with Gasteiger partial charge in [-0.2, -0.15) is 0 Å². The number of imidazole rings is 1. The van der Waals surface area contributed by atoms with Gasteiger partial charge in [0.05, 0.1) is 6.20 Å². The van der Waals surface area contributed by atoms with Gasteiger partial charge in [0.1, 0.15) is 12.1 Å². The van der Waals surface area contributed by atoms with Gasteiger partial charge in [0.2, 0.25) is 0 Å².